The van der Waals surface area contributed by atoms with Crippen LogP contribution in [0.25, 0.3) is 0 Å². The van der Waals surface area contributed by atoms with Crippen LogP contribution in [-0.2, 0) is 4.74 Å². The standard InChI is InChI=1S/C17H25NO2.C17H27NO2/c1-18-12-16(14-6-8-15(19-2)9-7-14)17(20-13-18)10-4-3-5-11-17;1-18(2)13-16(17(19)11-5-4-6-12-17)14-7-9-15(20-3)10-8-14/h6-9,16H,3-5,10-13H2,1-2H3;7-10,16,19H,4-6,11-13H2,1-3H3/i1D3,2D3,13D2;1D2,2D3,3D3. The highest BCUT2D eigenvalue weighted by molar-refractivity contribution is 5.33. The smallest absolute Gasteiger partial charge is 0.118 e. The number of hydrogen-bond acceptors (Lipinski definition) is 6. The summed E-state index contributed by atoms with van der Waals surface area (Å²) in [6.45, 7) is -9.55. The SMILES string of the molecule is [2H]C([2H])([2H])Oc1ccc(C2CN(C([2H])([2H])[2H])C([2H])([2H])OC23CCCCC3)cc1.[2H]C([2H])N(CC(c1ccc(OC([2H])([2H])[2H])cc1)C1(O)CCCCC1)C([2H])([2H])[2H]. The number of aliphatic hydroxyl groups is 1. The monoisotopic (exact) mass is 568 g/mol. The molecule has 3 fully saturated rings. The second-order valence-electron chi connectivity index (χ2n) is 11.2. The lowest BCUT2D eigenvalue weighted by molar-refractivity contribution is -0.161. The Morgan fingerprint density at radius 1 is 0.950 bits per heavy atom. The van der Waals surface area contributed by atoms with Crippen molar-refractivity contribution in [3.63, 3.8) is 0 Å². The Morgan fingerprint density at radius 3 is 2.15 bits per heavy atom. The first-order valence-corrected chi connectivity index (χ1v) is 14.0. The second kappa shape index (κ2) is 14.2. The zero-order valence-corrected chi connectivity index (χ0v) is 22.9. The van der Waals surface area contributed by atoms with E-state index in [0.29, 0.717) is 31.2 Å². The minimum Gasteiger partial charge on any atom is -0.497 e. The first-order chi connectivity index (χ1) is 25.6. The third-order valence-electron chi connectivity index (χ3n) is 8.61. The van der Waals surface area contributed by atoms with Crippen molar-refractivity contribution in [2.45, 2.75) is 87.2 Å². The Morgan fingerprint density at radius 2 is 1.57 bits per heavy atom. The van der Waals surface area contributed by atoms with Gasteiger partial charge in [-0.25, -0.2) is 0 Å². The molecular formula is C34H52N2O4. The van der Waals surface area contributed by atoms with E-state index in [4.69, 9.17) is 36.1 Å². The van der Waals surface area contributed by atoms with Crippen LogP contribution < -0.4 is 9.47 Å². The van der Waals surface area contributed by atoms with E-state index in [0.717, 1.165) is 53.9 Å². The maximum atomic E-state index is 11.3. The molecule has 1 aliphatic heterocycles. The molecule has 2 atom stereocenters. The maximum Gasteiger partial charge on any atom is 0.118 e. The molecule has 1 saturated heterocycles. The number of benzene rings is 2. The quantitative estimate of drug-likeness (QED) is 0.415. The summed E-state index contributed by atoms with van der Waals surface area (Å²) >= 11 is 0. The second-order valence-corrected chi connectivity index (χ2v) is 11.2. The van der Waals surface area contributed by atoms with Gasteiger partial charge in [-0.3, -0.25) is 4.90 Å². The average molecular weight is 569 g/mol. The number of likely N-dealkylation sites (N-methyl/N-ethyl adjacent to an activating group) is 2. The highest BCUT2D eigenvalue weighted by Gasteiger charge is 2.45. The van der Waals surface area contributed by atoms with Crippen LogP contribution in [0.4, 0.5) is 0 Å². The van der Waals surface area contributed by atoms with E-state index in [1.54, 1.807) is 36.4 Å². The van der Waals surface area contributed by atoms with E-state index in [-0.39, 0.29) is 30.5 Å². The van der Waals surface area contributed by atoms with Gasteiger partial charge in [-0.1, -0.05) is 62.8 Å². The van der Waals surface area contributed by atoms with Crippen molar-refractivity contribution in [1.82, 2.24) is 9.80 Å². The third-order valence-corrected chi connectivity index (χ3v) is 8.61. The molecule has 2 aromatic rings. The lowest BCUT2D eigenvalue weighted by Gasteiger charge is -2.49. The topological polar surface area (TPSA) is 54.4 Å². The van der Waals surface area contributed by atoms with Gasteiger partial charge in [0, 0.05) is 35.9 Å². The van der Waals surface area contributed by atoms with E-state index in [1.165, 1.54) is 12.1 Å². The summed E-state index contributed by atoms with van der Waals surface area (Å²) in [5, 5.41) is 11.3. The van der Waals surface area contributed by atoms with Crippen LogP contribution in [0, 0.1) is 0 Å². The van der Waals surface area contributed by atoms with E-state index >= 15 is 0 Å². The van der Waals surface area contributed by atoms with Gasteiger partial charge in [0.2, 0.25) is 0 Å². The minimum absolute atomic E-state index is 0.0109. The van der Waals surface area contributed by atoms with Gasteiger partial charge >= 0.3 is 0 Å². The summed E-state index contributed by atoms with van der Waals surface area (Å²) < 4.78 is 137. The van der Waals surface area contributed by atoms with E-state index in [2.05, 4.69) is 0 Å². The van der Waals surface area contributed by atoms with Crippen molar-refractivity contribution in [3.05, 3.63) is 59.7 Å². The molecule has 5 rings (SSSR count). The molecule has 40 heavy (non-hydrogen) atoms. The van der Waals surface area contributed by atoms with Crippen molar-refractivity contribution < 1.29 is 41.2 Å². The molecule has 1 N–H and O–H groups in total. The Kier molecular flexibility index (Phi) is 5.64. The molecule has 2 saturated carbocycles. The lowest BCUT2D eigenvalue weighted by atomic mass is 9.71. The van der Waals surface area contributed by atoms with Gasteiger partial charge in [0.1, 0.15) is 11.5 Å². The molecule has 0 amide bonds. The summed E-state index contributed by atoms with van der Waals surface area (Å²) in [5.41, 5.74) is -0.527. The van der Waals surface area contributed by atoms with Crippen molar-refractivity contribution in [2.24, 2.45) is 0 Å². The summed E-state index contributed by atoms with van der Waals surface area (Å²) in [5.74, 6) is -0.641. The predicted octanol–water partition coefficient (Wildman–Crippen LogP) is 6.44. The Labute approximate surface area is 265 Å². The molecule has 2 aliphatic carbocycles. The highest BCUT2D eigenvalue weighted by atomic mass is 16.5. The fourth-order valence-electron chi connectivity index (χ4n) is 6.44. The molecule has 0 radical (unpaired) electrons. The molecule has 1 spiro atoms. The summed E-state index contributed by atoms with van der Waals surface area (Å²) in [7, 11) is -5.13. The van der Waals surface area contributed by atoms with E-state index in [1.807, 2.05) is 0 Å². The summed E-state index contributed by atoms with van der Waals surface area (Å²) in [6.07, 6.45) is 7.73. The number of nitrogens with zero attached hydrogens (tertiary/aromatic N) is 2. The van der Waals surface area contributed by atoms with Gasteiger partial charge in [0.05, 0.1) is 42.9 Å². The highest BCUT2D eigenvalue weighted by Crippen LogP contribution is 2.45. The van der Waals surface area contributed by atoms with Crippen molar-refractivity contribution in [2.75, 3.05) is 54.8 Å². The van der Waals surface area contributed by atoms with Crippen LogP contribution in [0.2, 0.25) is 0 Å². The van der Waals surface area contributed by atoms with Crippen molar-refractivity contribution in [1.29, 1.82) is 0 Å². The largest absolute Gasteiger partial charge is 0.497 e. The van der Waals surface area contributed by atoms with Crippen molar-refractivity contribution in [3.8, 4) is 11.5 Å². The Balaban J connectivity index is 0.000000249. The van der Waals surface area contributed by atoms with Crippen LogP contribution >= 0.6 is 0 Å². The predicted molar refractivity (Wildman–Crippen MR) is 162 cm³/mol. The molecule has 2 aromatic carbocycles. The molecule has 1 heterocycles. The molecule has 222 valence electrons. The van der Waals surface area contributed by atoms with Gasteiger partial charge in [0.15, 0.2) is 0 Å². The van der Waals surface area contributed by atoms with Crippen LogP contribution in [0.5, 0.6) is 11.5 Å². The molecule has 3 aliphatic rings. The zero-order valence-electron chi connectivity index (χ0n) is 38.9. The molecular weight excluding hydrogens is 500 g/mol. The van der Waals surface area contributed by atoms with E-state index < -0.39 is 58.8 Å². The number of rotatable bonds is 7. The van der Waals surface area contributed by atoms with Gasteiger partial charge < -0.3 is 24.2 Å². The molecule has 0 bridgehead atoms. The minimum atomic E-state index is -2.64. The van der Waals surface area contributed by atoms with Crippen LogP contribution in [0.15, 0.2) is 48.5 Å². The van der Waals surface area contributed by atoms with Gasteiger partial charge in [-0.15, -0.1) is 0 Å². The normalized spacial score (nSPS) is 31.7. The zero-order chi connectivity index (χ0) is 42.0. The van der Waals surface area contributed by atoms with Crippen LogP contribution in [0.1, 0.15) is 109 Å². The molecule has 2 unspecified atom stereocenters. The summed E-state index contributed by atoms with van der Waals surface area (Å²) in [6, 6.07) is 12.7. The van der Waals surface area contributed by atoms with E-state index in [9.17, 15) is 5.11 Å². The average Bonchev–Trinajstić information content (AvgIpc) is 3.04. The molecule has 6 nitrogen and oxygen atoms in total. The van der Waals surface area contributed by atoms with Gasteiger partial charge in [0.25, 0.3) is 0 Å². The maximum absolute atomic E-state index is 11.3. The van der Waals surface area contributed by atoms with Crippen LogP contribution in [-0.4, -0.2) is 80.9 Å². The first-order valence-electron chi connectivity index (χ1n) is 22.2. The molecule has 6 heteroatoms. The first kappa shape index (κ1) is 15.9. The van der Waals surface area contributed by atoms with Crippen LogP contribution in [0.3, 0.4) is 0 Å². The number of ether oxygens (including phenoxy) is 3. The fourth-order valence-corrected chi connectivity index (χ4v) is 6.44. The van der Waals surface area contributed by atoms with Gasteiger partial charge in [-0.05, 0) is 82.0 Å². The number of hydrogen-bond donors (Lipinski definition) is 1. The number of methoxy groups -OCH3 is 2. The fraction of sp³-hybridized carbons (Fsp3) is 0.647. The van der Waals surface area contributed by atoms with Gasteiger partial charge in [-0.2, -0.15) is 0 Å². The Bertz CT molecular complexity index is 1470. The van der Waals surface area contributed by atoms with Crippen molar-refractivity contribution >= 4 is 0 Å². The lowest BCUT2D eigenvalue weighted by Crippen LogP contribution is -2.52. The third kappa shape index (κ3) is 7.58. The molecule has 0 aromatic heterocycles. The summed E-state index contributed by atoms with van der Waals surface area (Å²) in [4.78, 5) is 1.56. The Hall–Kier alpha value is -2.12.